The Morgan fingerprint density at radius 3 is 2.54 bits per heavy atom. The summed E-state index contributed by atoms with van der Waals surface area (Å²) in [7, 11) is 3.31. The maximum atomic E-state index is 13.5. The highest BCUT2D eigenvalue weighted by Crippen LogP contribution is 2.41. The molecule has 148 valence electrons. The molecule has 1 N–H and O–H groups in total. The number of hydrogen-bond donors (Lipinski definition) is 1. The number of nitrogens with zero attached hydrogens (tertiary/aromatic N) is 1. The summed E-state index contributed by atoms with van der Waals surface area (Å²) in [6, 6.07) is 14.3. The van der Waals surface area contributed by atoms with E-state index >= 15 is 0 Å². The normalized spacial score (nSPS) is 21.7. The number of nitrogens with one attached hydrogen (secondary N) is 1. The molecule has 2 aromatic carbocycles. The van der Waals surface area contributed by atoms with Gasteiger partial charge in [-0.25, -0.2) is 0 Å². The van der Waals surface area contributed by atoms with Crippen LogP contribution in [0, 0.1) is 5.92 Å². The van der Waals surface area contributed by atoms with Gasteiger partial charge in [0.05, 0.1) is 26.2 Å². The van der Waals surface area contributed by atoms with Gasteiger partial charge in [0.25, 0.3) is 0 Å². The average molecular weight is 380 g/mol. The highest BCUT2D eigenvalue weighted by atomic mass is 16.5. The number of piperidine rings is 1. The first kappa shape index (κ1) is 18.8. The van der Waals surface area contributed by atoms with Gasteiger partial charge in [0, 0.05) is 13.1 Å². The van der Waals surface area contributed by atoms with Crippen molar-refractivity contribution < 1.29 is 14.3 Å². The van der Waals surface area contributed by atoms with Crippen LogP contribution in [0.2, 0.25) is 0 Å². The van der Waals surface area contributed by atoms with Gasteiger partial charge in [0.15, 0.2) is 11.5 Å². The fraction of sp³-hybridized carbons (Fsp3) is 0.435. The molecule has 1 amide bonds. The first-order valence-electron chi connectivity index (χ1n) is 10.0. The van der Waals surface area contributed by atoms with Crippen molar-refractivity contribution in [1.82, 2.24) is 10.2 Å². The summed E-state index contributed by atoms with van der Waals surface area (Å²) in [5.41, 5.74) is 3.48. The molecule has 28 heavy (non-hydrogen) atoms. The first-order valence-corrected chi connectivity index (χ1v) is 10.0. The predicted molar refractivity (Wildman–Crippen MR) is 109 cm³/mol. The van der Waals surface area contributed by atoms with Crippen molar-refractivity contribution in [1.29, 1.82) is 0 Å². The summed E-state index contributed by atoms with van der Waals surface area (Å²) in [4.78, 5) is 15.5. The van der Waals surface area contributed by atoms with Gasteiger partial charge < -0.3 is 19.7 Å². The molecule has 5 nitrogen and oxygen atoms in total. The Morgan fingerprint density at radius 2 is 1.86 bits per heavy atom. The molecule has 2 heterocycles. The molecule has 0 radical (unpaired) electrons. The molecule has 2 aliphatic rings. The van der Waals surface area contributed by atoms with E-state index in [-0.39, 0.29) is 17.9 Å². The van der Waals surface area contributed by atoms with Crippen molar-refractivity contribution >= 4 is 5.91 Å². The lowest BCUT2D eigenvalue weighted by molar-refractivity contribution is -0.138. The summed E-state index contributed by atoms with van der Waals surface area (Å²) in [6.07, 6.45) is 2.84. The van der Waals surface area contributed by atoms with E-state index in [1.807, 2.05) is 24.3 Å². The highest BCUT2D eigenvalue weighted by Gasteiger charge is 2.36. The van der Waals surface area contributed by atoms with Crippen molar-refractivity contribution in [2.75, 3.05) is 33.9 Å². The minimum atomic E-state index is -0.0980. The summed E-state index contributed by atoms with van der Waals surface area (Å²) in [6.45, 7) is 2.50. The van der Waals surface area contributed by atoms with Gasteiger partial charge in [-0.2, -0.15) is 0 Å². The Labute approximate surface area is 166 Å². The molecule has 5 heteroatoms. The van der Waals surface area contributed by atoms with Gasteiger partial charge in [0.2, 0.25) is 5.91 Å². The van der Waals surface area contributed by atoms with E-state index in [0.717, 1.165) is 55.8 Å². The minimum absolute atomic E-state index is 0.0571. The van der Waals surface area contributed by atoms with E-state index in [2.05, 4.69) is 28.4 Å². The SMILES string of the molecule is COc1cc2c(cc1OC)C(c1ccccc1)N(C(=O)C1CCCNC1)CC2. The fourth-order valence-electron chi connectivity index (χ4n) is 4.48. The Hall–Kier alpha value is -2.53. The maximum Gasteiger partial charge on any atom is 0.227 e. The molecule has 2 atom stereocenters. The number of fused-ring (bicyclic) bond motifs is 1. The molecule has 2 aromatic rings. The van der Waals surface area contributed by atoms with Crippen LogP contribution in [0.3, 0.4) is 0 Å². The van der Waals surface area contributed by atoms with Crippen LogP contribution in [-0.2, 0) is 11.2 Å². The molecular weight excluding hydrogens is 352 g/mol. The molecule has 2 unspecified atom stereocenters. The zero-order chi connectivity index (χ0) is 19.5. The van der Waals surface area contributed by atoms with E-state index in [4.69, 9.17) is 9.47 Å². The smallest absolute Gasteiger partial charge is 0.227 e. The van der Waals surface area contributed by atoms with Crippen LogP contribution < -0.4 is 14.8 Å². The molecular formula is C23H28N2O3. The molecule has 2 aliphatic heterocycles. The zero-order valence-electron chi connectivity index (χ0n) is 16.6. The number of hydrogen-bond acceptors (Lipinski definition) is 4. The first-order chi connectivity index (χ1) is 13.7. The van der Waals surface area contributed by atoms with E-state index in [9.17, 15) is 4.79 Å². The van der Waals surface area contributed by atoms with Gasteiger partial charge >= 0.3 is 0 Å². The number of ether oxygens (including phenoxy) is 2. The van der Waals surface area contributed by atoms with Crippen molar-refractivity contribution in [3.05, 3.63) is 59.2 Å². The summed E-state index contributed by atoms with van der Waals surface area (Å²) >= 11 is 0. The van der Waals surface area contributed by atoms with E-state index in [1.54, 1.807) is 14.2 Å². The molecule has 0 bridgehead atoms. The number of amides is 1. The lowest BCUT2D eigenvalue weighted by Gasteiger charge is -2.40. The third-order valence-electron chi connectivity index (χ3n) is 5.92. The molecule has 4 rings (SSSR count). The number of carbonyl (C=O) groups is 1. The second kappa shape index (κ2) is 8.23. The van der Waals surface area contributed by atoms with Crippen molar-refractivity contribution in [3.63, 3.8) is 0 Å². The lowest BCUT2D eigenvalue weighted by Crippen LogP contribution is -2.47. The van der Waals surface area contributed by atoms with Crippen LogP contribution in [0.25, 0.3) is 0 Å². The third kappa shape index (κ3) is 3.47. The predicted octanol–water partition coefficient (Wildman–Crippen LogP) is 3.18. The third-order valence-corrected chi connectivity index (χ3v) is 5.92. The highest BCUT2D eigenvalue weighted by molar-refractivity contribution is 5.81. The topological polar surface area (TPSA) is 50.8 Å². The molecule has 0 aliphatic carbocycles. The molecule has 1 fully saturated rings. The van der Waals surface area contributed by atoms with Crippen LogP contribution in [0.1, 0.15) is 35.6 Å². The Kier molecular flexibility index (Phi) is 5.53. The van der Waals surface area contributed by atoms with Crippen LogP contribution in [0.15, 0.2) is 42.5 Å². The molecule has 0 spiro atoms. The largest absolute Gasteiger partial charge is 0.493 e. The van der Waals surface area contributed by atoms with Gasteiger partial charge in [-0.05, 0) is 54.6 Å². The van der Waals surface area contributed by atoms with Crippen LogP contribution in [0.5, 0.6) is 11.5 Å². The van der Waals surface area contributed by atoms with Gasteiger partial charge in [0.1, 0.15) is 0 Å². The summed E-state index contributed by atoms with van der Waals surface area (Å²) < 4.78 is 11.1. The molecule has 1 saturated heterocycles. The number of rotatable bonds is 4. The van der Waals surface area contributed by atoms with Crippen LogP contribution in [-0.4, -0.2) is 44.7 Å². The van der Waals surface area contributed by atoms with Crippen molar-refractivity contribution in [3.8, 4) is 11.5 Å². The molecule has 0 saturated carbocycles. The fourth-order valence-corrected chi connectivity index (χ4v) is 4.48. The Bertz CT molecular complexity index is 831. The van der Waals surface area contributed by atoms with E-state index in [1.165, 1.54) is 5.56 Å². The summed E-state index contributed by atoms with van der Waals surface area (Å²) in [5.74, 6) is 1.75. The Morgan fingerprint density at radius 1 is 1.11 bits per heavy atom. The zero-order valence-corrected chi connectivity index (χ0v) is 16.6. The maximum absolute atomic E-state index is 13.5. The molecule has 0 aromatic heterocycles. The van der Waals surface area contributed by atoms with Crippen molar-refractivity contribution in [2.45, 2.75) is 25.3 Å². The average Bonchev–Trinajstić information content (AvgIpc) is 2.77. The Balaban J connectivity index is 1.77. The lowest BCUT2D eigenvalue weighted by atomic mass is 9.86. The van der Waals surface area contributed by atoms with Gasteiger partial charge in [-0.3, -0.25) is 4.79 Å². The second-order valence-electron chi connectivity index (χ2n) is 7.54. The van der Waals surface area contributed by atoms with E-state index < -0.39 is 0 Å². The number of carbonyl (C=O) groups excluding carboxylic acids is 1. The second-order valence-corrected chi connectivity index (χ2v) is 7.54. The number of methoxy groups -OCH3 is 2. The standard InChI is InChI=1S/C23H28N2O3/c1-27-20-13-17-10-12-25(23(26)18-9-6-11-24-15-18)22(16-7-4-3-5-8-16)19(17)14-21(20)28-2/h3-5,7-8,13-14,18,22,24H,6,9-12,15H2,1-2H3. The van der Waals surface area contributed by atoms with E-state index in [0.29, 0.717) is 5.75 Å². The summed E-state index contributed by atoms with van der Waals surface area (Å²) in [5, 5.41) is 3.38. The monoisotopic (exact) mass is 380 g/mol. The van der Waals surface area contributed by atoms with Crippen LogP contribution in [0.4, 0.5) is 0 Å². The van der Waals surface area contributed by atoms with Crippen LogP contribution >= 0.6 is 0 Å². The van der Waals surface area contributed by atoms with Crippen molar-refractivity contribution in [2.24, 2.45) is 5.92 Å². The minimum Gasteiger partial charge on any atom is -0.493 e. The van der Waals surface area contributed by atoms with Gasteiger partial charge in [-0.15, -0.1) is 0 Å². The number of benzene rings is 2. The quantitative estimate of drug-likeness (QED) is 0.885. The van der Waals surface area contributed by atoms with Gasteiger partial charge in [-0.1, -0.05) is 30.3 Å².